The van der Waals surface area contributed by atoms with E-state index in [0.717, 1.165) is 24.1 Å². The van der Waals surface area contributed by atoms with Crippen molar-refractivity contribution in [1.29, 1.82) is 0 Å². The van der Waals surface area contributed by atoms with Crippen LogP contribution in [0.25, 0.3) is 11.3 Å². The Morgan fingerprint density at radius 2 is 1.82 bits per heavy atom. The van der Waals surface area contributed by atoms with Crippen molar-refractivity contribution in [1.82, 2.24) is 14.9 Å². The number of aromatic nitrogens is 2. The molecule has 2 amide bonds. The minimum absolute atomic E-state index is 0.252. The number of hydrogen-bond donors (Lipinski definition) is 0. The molecule has 6 nitrogen and oxygen atoms in total. The van der Waals surface area contributed by atoms with Crippen molar-refractivity contribution in [3.05, 3.63) is 72.2 Å². The molecule has 0 saturated heterocycles. The molecule has 0 fully saturated rings. The summed E-state index contributed by atoms with van der Waals surface area (Å²) in [5.74, 6) is 0.433. The van der Waals surface area contributed by atoms with Gasteiger partial charge in [-0.1, -0.05) is 19.4 Å². The first-order chi connectivity index (χ1) is 13.7. The van der Waals surface area contributed by atoms with E-state index in [2.05, 4.69) is 9.97 Å². The fraction of sp³-hybridized carbons (Fsp3) is 0.182. The highest BCUT2D eigenvalue weighted by Crippen LogP contribution is 2.34. The number of benzene rings is 2. The van der Waals surface area contributed by atoms with Crippen LogP contribution in [-0.2, 0) is 0 Å². The molecular weight excluding hydrogens is 354 g/mol. The number of rotatable bonds is 6. The number of fused-ring (bicyclic) bond motifs is 1. The molecule has 4 rings (SSSR count). The van der Waals surface area contributed by atoms with E-state index in [1.807, 2.05) is 37.3 Å². The topological polar surface area (TPSA) is 72.4 Å². The van der Waals surface area contributed by atoms with Gasteiger partial charge in [-0.15, -0.1) is 0 Å². The molecule has 6 heteroatoms. The summed E-state index contributed by atoms with van der Waals surface area (Å²) in [6, 6.07) is 14.4. The van der Waals surface area contributed by atoms with Gasteiger partial charge in [0.15, 0.2) is 0 Å². The molecule has 1 aliphatic rings. The highest BCUT2D eigenvalue weighted by molar-refractivity contribution is 6.22. The summed E-state index contributed by atoms with van der Waals surface area (Å²) in [6.45, 7) is 2.45. The Morgan fingerprint density at radius 1 is 1.00 bits per heavy atom. The maximum Gasteiger partial charge on any atom is 0.265 e. The molecule has 0 radical (unpaired) electrons. The van der Waals surface area contributed by atoms with Gasteiger partial charge in [0.2, 0.25) is 0 Å². The molecular formula is C22H19N3O3. The Bertz CT molecular complexity index is 1020. The molecule has 140 valence electrons. The summed E-state index contributed by atoms with van der Waals surface area (Å²) in [5.41, 5.74) is 2.49. The quantitative estimate of drug-likeness (QED) is 0.601. The summed E-state index contributed by atoms with van der Waals surface area (Å²) in [7, 11) is 0. The van der Waals surface area contributed by atoms with Crippen LogP contribution >= 0.6 is 0 Å². The van der Waals surface area contributed by atoms with Gasteiger partial charge in [-0.05, 0) is 48.9 Å². The van der Waals surface area contributed by atoms with E-state index < -0.39 is 0 Å². The predicted molar refractivity (Wildman–Crippen MR) is 104 cm³/mol. The second-order valence-electron chi connectivity index (χ2n) is 6.52. The first-order valence-corrected chi connectivity index (χ1v) is 9.22. The van der Waals surface area contributed by atoms with E-state index in [9.17, 15) is 9.59 Å². The molecule has 0 saturated carbocycles. The zero-order valence-electron chi connectivity index (χ0n) is 15.5. The second kappa shape index (κ2) is 7.60. The van der Waals surface area contributed by atoms with Gasteiger partial charge in [0.05, 0.1) is 16.8 Å². The van der Waals surface area contributed by atoms with Crippen molar-refractivity contribution in [2.45, 2.75) is 19.8 Å². The molecule has 0 unspecified atom stereocenters. The number of imide groups is 1. The average Bonchev–Trinajstić information content (AvgIpc) is 2.98. The van der Waals surface area contributed by atoms with E-state index in [4.69, 9.17) is 4.74 Å². The van der Waals surface area contributed by atoms with Gasteiger partial charge in [0.1, 0.15) is 17.8 Å². The van der Waals surface area contributed by atoms with Crippen LogP contribution in [0, 0.1) is 0 Å². The van der Waals surface area contributed by atoms with Crippen LogP contribution in [0.2, 0.25) is 0 Å². The number of ether oxygens (including phenoxy) is 1. The minimum Gasteiger partial charge on any atom is -0.457 e. The van der Waals surface area contributed by atoms with Crippen molar-refractivity contribution >= 4 is 11.8 Å². The summed E-state index contributed by atoms with van der Waals surface area (Å²) in [5, 5.41) is 0. The first kappa shape index (κ1) is 17.9. The van der Waals surface area contributed by atoms with Crippen LogP contribution in [0.15, 0.2) is 61.1 Å². The zero-order chi connectivity index (χ0) is 19.5. The van der Waals surface area contributed by atoms with Gasteiger partial charge in [0.25, 0.3) is 11.8 Å². The van der Waals surface area contributed by atoms with E-state index in [1.54, 1.807) is 24.4 Å². The third-order valence-corrected chi connectivity index (χ3v) is 4.66. The van der Waals surface area contributed by atoms with Gasteiger partial charge >= 0.3 is 0 Å². The van der Waals surface area contributed by atoms with E-state index in [0.29, 0.717) is 29.2 Å². The lowest BCUT2D eigenvalue weighted by atomic mass is 10.1. The fourth-order valence-corrected chi connectivity index (χ4v) is 3.19. The third-order valence-electron chi connectivity index (χ3n) is 4.66. The Kier molecular flexibility index (Phi) is 4.85. The summed E-state index contributed by atoms with van der Waals surface area (Å²) in [6.07, 6.45) is 4.88. The lowest BCUT2D eigenvalue weighted by Gasteiger charge is -2.13. The van der Waals surface area contributed by atoms with Gasteiger partial charge in [0, 0.05) is 18.3 Å². The lowest BCUT2D eigenvalue weighted by molar-refractivity contribution is 0.0651. The normalized spacial score (nSPS) is 13.0. The van der Waals surface area contributed by atoms with Crippen molar-refractivity contribution in [3.8, 4) is 22.8 Å². The van der Waals surface area contributed by atoms with Gasteiger partial charge < -0.3 is 4.74 Å². The lowest BCUT2D eigenvalue weighted by Crippen LogP contribution is -2.30. The van der Waals surface area contributed by atoms with Crippen LogP contribution in [0.3, 0.4) is 0 Å². The Balaban J connectivity index is 1.59. The van der Waals surface area contributed by atoms with Crippen molar-refractivity contribution < 1.29 is 14.3 Å². The molecule has 2 heterocycles. The molecule has 1 aromatic heterocycles. The summed E-state index contributed by atoms with van der Waals surface area (Å²) < 4.78 is 5.95. The molecule has 0 N–H and O–H groups in total. The summed E-state index contributed by atoms with van der Waals surface area (Å²) >= 11 is 0. The Labute approximate surface area is 162 Å². The molecule has 1 aliphatic heterocycles. The van der Waals surface area contributed by atoms with Crippen LogP contribution < -0.4 is 4.74 Å². The van der Waals surface area contributed by atoms with Gasteiger partial charge in [-0.25, -0.2) is 9.97 Å². The van der Waals surface area contributed by atoms with Crippen LogP contribution in [0.4, 0.5) is 0 Å². The SMILES string of the molecule is CCCCN1C(=O)c2cccc(Oc3ccc(-c4ccncn4)cc3)c2C1=O. The molecule has 0 aliphatic carbocycles. The van der Waals surface area contributed by atoms with E-state index >= 15 is 0 Å². The Morgan fingerprint density at radius 3 is 2.54 bits per heavy atom. The molecule has 0 bridgehead atoms. The number of hydrogen-bond acceptors (Lipinski definition) is 5. The number of nitrogens with zero attached hydrogens (tertiary/aromatic N) is 3. The van der Waals surface area contributed by atoms with Gasteiger partial charge in [-0.2, -0.15) is 0 Å². The number of carbonyl (C=O) groups is 2. The molecule has 0 atom stereocenters. The van der Waals surface area contributed by atoms with Gasteiger partial charge in [-0.3, -0.25) is 14.5 Å². The van der Waals surface area contributed by atoms with Crippen molar-refractivity contribution in [2.75, 3.05) is 6.54 Å². The van der Waals surface area contributed by atoms with Crippen molar-refractivity contribution in [2.24, 2.45) is 0 Å². The summed E-state index contributed by atoms with van der Waals surface area (Å²) in [4.78, 5) is 34.8. The zero-order valence-corrected chi connectivity index (χ0v) is 15.5. The standard InChI is InChI=1S/C22H19N3O3/c1-2-3-13-25-21(26)17-5-4-6-19(20(17)22(25)27)28-16-9-7-15(8-10-16)18-11-12-23-14-24-18/h4-12,14H,2-3,13H2,1H3. The highest BCUT2D eigenvalue weighted by atomic mass is 16.5. The fourth-order valence-electron chi connectivity index (χ4n) is 3.19. The highest BCUT2D eigenvalue weighted by Gasteiger charge is 2.37. The maximum absolute atomic E-state index is 12.8. The van der Waals surface area contributed by atoms with Crippen LogP contribution in [-0.4, -0.2) is 33.2 Å². The van der Waals surface area contributed by atoms with E-state index in [1.165, 1.54) is 11.2 Å². The largest absolute Gasteiger partial charge is 0.457 e. The maximum atomic E-state index is 12.8. The van der Waals surface area contributed by atoms with Crippen LogP contribution in [0.1, 0.15) is 40.5 Å². The molecule has 3 aromatic rings. The van der Waals surface area contributed by atoms with E-state index in [-0.39, 0.29) is 11.8 Å². The second-order valence-corrected chi connectivity index (χ2v) is 6.52. The van der Waals surface area contributed by atoms with Crippen molar-refractivity contribution in [3.63, 3.8) is 0 Å². The Hall–Kier alpha value is -3.54. The van der Waals surface area contributed by atoms with Crippen LogP contribution in [0.5, 0.6) is 11.5 Å². The number of carbonyl (C=O) groups excluding carboxylic acids is 2. The molecule has 2 aromatic carbocycles. The monoisotopic (exact) mass is 373 g/mol. The minimum atomic E-state index is -0.290. The molecule has 0 spiro atoms. The predicted octanol–water partition coefficient (Wildman–Crippen LogP) is 4.33. The number of unbranched alkanes of at least 4 members (excludes halogenated alkanes) is 1. The third kappa shape index (κ3) is 3.24. The smallest absolute Gasteiger partial charge is 0.265 e. The average molecular weight is 373 g/mol. The first-order valence-electron chi connectivity index (χ1n) is 9.22. The molecule has 28 heavy (non-hydrogen) atoms. The number of amides is 2.